The molecule has 2 rings (SSSR count). The lowest BCUT2D eigenvalue weighted by molar-refractivity contribution is 0.556. The fraction of sp³-hybridized carbons (Fsp3) is 0.368. The first-order valence-electron chi connectivity index (χ1n) is 8.60. The van der Waals surface area contributed by atoms with Gasteiger partial charge in [-0.2, -0.15) is 11.8 Å². The van der Waals surface area contributed by atoms with E-state index < -0.39 is 27.7 Å². The summed E-state index contributed by atoms with van der Waals surface area (Å²) in [7, 11) is -4.09. The van der Waals surface area contributed by atoms with Gasteiger partial charge < -0.3 is 0 Å². The van der Waals surface area contributed by atoms with Crippen LogP contribution in [0.5, 0.6) is 0 Å². The van der Waals surface area contributed by atoms with Gasteiger partial charge in [0.05, 0.1) is 10.6 Å². The van der Waals surface area contributed by atoms with Gasteiger partial charge in [-0.25, -0.2) is 17.2 Å². The largest absolute Gasteiger partial charge is 0.264 e. The Hall–Kier alpha value is -1.31. The topological polar surface area (TPSA) is 37.4 Å². The zero-order valence-electron chi connectivity index (χ0n) is 15.2. The highest BCUT2D eigenvalue weighted by molar-refractivity contribution is 7.99. The SMILES string of the molecule is CCSCCCC(C)N(c1cc(F)ccc1F)S(=O)(=O)c1ccc(Cl)cc1. The Bertz CT molecular complexity index is 861. The summed E-state index contributed by atoms with van der Waals surface area (Å²) in [5.74, 6) is 0.362. The predicted molar refractivity (Wildman–Crippen MR) is 109 cm³/mol. The number of nitrogens with zero attached hydrogens (tertiary/aromatic N) is 1. The fourth-order valence-corrected chi connectivity index (χ4v) is 5.19. The molecule has 3 nitrogen and oxygen atoms in total. The molecule has 2 aromatic rings. The Kier molecular flexibility index (Phi) is 7.94. The molecule has 0 saturated heterocycles. The summed E-state index contributed by atoms with van der Waals surface area (Å²) in [4.78, 5) is -0.0228. The van der Waals surface area contributed by atoms with E-state index in [9.17, 15) is 17.2 Å². The lowest BCUT2D eigenvalue weighted by Gasteiger charge is -2.31. The van der Waals surface area contributed by atoms with Crippen molar-refractivity contribution in [2.75, 3.05) is 15.8 Å². The van der Waals surface area contributed by atoms with Crippen LogP contribution in [0.1, 0.15) is 26.7 Å². The van der Waals surface area contributed by atoms with Crippen molar-refractivity contribution in [1.29, 1.82) is 0 Å². The summed E-state index contributed by atoms with van der Waals surface area (Å²) in [6.45, 7) is 3.75. The molecule has 2 aromatic carbocycles. The highest BCUT2D eigenvalue weighted by atomic mass is 35.5. The molecule has 0 aliphatic carbocycles. The van der Waals surface area contributed by atoms with Crippen LogP contribution in [-0.4, -0.2) is 26.0 Å². The molecule has 27 heavy (non-hydrogen) atoms. The van der Waals surface area contributed by atoms with Crippen molar-refractivity contribution in [2.24, 2.45) is 0 Å². The zero-order valence-corrected chi connectivity index (χ0v) is 17.6. The Morgan fingerprint density at radius 3 is 2.44 bits per heavy atom. The van der Waals surface area contributed by atoms with Crippen LogP contribution < -0.4 is 4.31 Å². The number of thioether (sulfide) groups is 1. The van der Waals surface area contributed by atoms with Gasteiger partial charge >= 0.3 is 0 Å². The van der Waals surface area contributed by atoms with Gasteiger partial charge in [0.15, 0.2) is 0 Å². The molecule has 0 heterocycles. The number of halogens is 3. The van der Waals surface area contributed by atoms with E-state index in [2.05, 4.69) is 0 Å². The number of anilines is 1. The van der Waals surface area contributed by atoms with E-state index in [4.69, 9.17) is 11.6 Å². The van der Waals surface area contributed by atoms with Gasteiger partial charge in [-0.3, -0.25) is 4.31 Å². The molecular weight excluding hydrogens is 412 g/mol. The van der Waals surface area contributed by atoms with Crippen LogP contribution in [0.25, 0.3) is 0 Å². The lowest BCUT2D eigenvalue weighted by atomic mass is 10.2. The highest BCUT2D eigenvalue weighted by Crippen LogP contribution is 2.31. The summed E-state index contributed by atoms with van der Waals surface area (Å²) < 4.78 is 55.6. The molecule has 0 amide bonds. The third-order valence-corrected chi connectivity index (χ3v) is 7.21. The van der Waals surface area contributed by atoms with Crippen molar-refractivity contribution >= 4 is 39.1 Å². The number of benzene rings is 2. The molecule has 0 saturated carbocycles. The maximum atomic E-state index is 14.4. The van der Waals surface area contributed by atoms with Crippen molar-refractivity contribution in [3.8, 4) is 0 Å². The van der Waals surface area contributed by atoms with Crippen molar-refractivity contribution < 1.29 is 17.2 Å². The maximum Gasteiger partial charge on any atom is 0.264 e. The van der Waals surface area contributed by atoms with Crippen LogP contribution >= 0.6 is 23.4 Å². The number of hydrogen-bond donors (Lipinski definition) is 0. The lowest BCUT2D eigenvalue weighted by Crippen LogP contribution is -2.39. The second kappa shape index (κ2) is 9.75. The van der Waals surface area contributed by atoms with E-state index in [0.29, 0.717) is 11.4 Å². The van der Waals surface area contributed by atoms with Crippen LogP contribution in [0.4, 0.5) is 14.5 Å². The van der Waals surface area contributed by atoms with Gasteiger partial charge in [0.1, 0.15) is 11.6 Å². The summed E-state index contributed by atoms with van der Waals surface area (Å²) in [5.41, 5.74) is -0.291. The standard InChI is InChI=1S/C19H22ClF2NO2S2/c1-3-26-12-4-5-14(2)23(19-13-16(21)8-11-18(19)22)27(24,25)17-9-6-15(20)7-10-17/h6-11,13-14H,3-5,12H2,1-2H3. The minimum Gasteiger partial charge on any atom is -0.260 e. The van der Waals surface area contributed by atoms with Crippen molar-refractivity contribution in [3.05, 3.63) is 59.1 Å². The molecule has 1 unspecified atom stereocenters. The van der Waals surface area contributed by atoms with E-state index in [1.807, 2.05) is 6.92 Å². The van der Waals surface area contributed by atoms with Gasteiger partial charge in [-0.05, 0) is 67.7 Å². The second-order valence-electron chi connectivity index (χ2n) is 6.04. The first-order chi connectivity index (χ1) is 12.8. The molecule has 1 atom stereocenters. The van der Waals surface area contributed by atoms with Crippen LogP contribution in [0.2, 0.25) is 5.02 Å². The fourth-order valence-electron chi connectivity index (χ4n) is 2.72. The monoisotopic (exact) mass is 433 g/mol. The van der Waals surface area contributed by atoms with Crippen LogP contribution in [0, 0.1) is 11.6 Å². The first kappa shape index (κ1) is 22.0. The summed E-state index contributed by atoms with van der Waals surface area (Å²) in [5, 5.41) is 0.391. The molecule has 8 heteroatoms. The highest BCUT2D eigenvalue weighted by Gasteiger charge is 2.31. The molecule has 0 spiro atoms. The number of hydrogen-bond acceptors (Lipinski definition) is 3. The molecule has 0 aromatic heterocycles. The minimum atomic E-state index is -4.09. The molecule has 0 aliphatic heterocycles. The second-order valence-corrected chi connectivity index (χ2v) is 9.68. The zero-order chi connectivity index (χ0) is 20.0. The van der Waals surface area contributed by atoms with Crippen LogP contribution in [0.15, 0.2) is 47.4 Å². The molecule has 0 radical (unpaired) electrons. The van der Waals surface area contributed by atoms with Gasteiger partial charge in [-0.15, -0.1) is 0 Å². The summed E-state index contributed by atoms with van der Waals surface area (Å²) >= 11 is 7.60. The maximum absolute atomic E-state index is 14.4. The smallest absolute Gasteiger partial charge is 0.260 e. The average Bonchev–Trinajstić information content (AvgIpc) is 2.62. The normalized spacial score (nSPS) is 12.8. The van der Waals surface area contributed by atoms with E-state index in [0.717, 1.165) is 40.4 Å². The Balaban J connectivity index is 2.45. The van der Waals surface area contributed by atoms with Crippen LogP contribution in [0.3, 0.4) is 0 Å². The molecule has 148 valence electrons. The van der Waals surface area contributed by atoms with Gasteiger partial charge in [-0.1, -0.05) is 18.5 Å². The predicted octanol–water partition coefficient (Wildman–Crippen LogP) is 5.74. The molecule has 0 aliphatic rings. The average molecular weight is 434 g/mol. The van der Waals surface area contributed by atoms with Crippen molar-refractivity contribution in [3.63, 3.8) is 0 Å². The quantitative estimate of drug-likeness (QED) is 0.473. The summed E-state index contributed by atoms with van der Waals surface area (Å²) in [6, 6.07) is 7.92. The first-order valence-corrected chi connectivity index (χ1v) is 11.6. The van der Waals surface area contributed by atoms with E-state index in [1.165, 1.54) is 24.3 Å². The van der Waals surface area contributed by atoms with E-state index in [1.54, 1.807) is 18.7 Å². The molecule has 0 N–H and O–H groups in total. The number of rotatable bonds is 9. The molecule has 0 bridgehead atoms. The minimum absolute atomic E-state index is 0.0228. The Morgan fingerprint density at radius 1 is 1.15 bits per heavy atom. The third kappa shape index (κ3) is 5.59. The molecule has 0 fully saturated rings. The van der Waals surface area contributed by atoms with Crippen molar-refractivity contribution in [2.45, 2.75) is 37.6 Å². The molecular formula is C19H22ClF2NO2S2. The summed E-state index contributed by atoms with van der Waals surface area (Å²) in [6.07, 6.45) is 1.29. The van der Waals surface area contributed by atoms with E-state index in [-0.39, 0.29) is 10.6 Å². The van der Waals surface area contributed by atoms with Gasteiger partial charge in [0.2, 0.25) is 0 Å². The Labute approximate surface area is 168 Å². The van der Waals surface area contributed by atoms with Crippen LogP contribution in [-0.2, 0) is 10.0 Å². The van der Waals surface area contributed by atoms with Gasteiger partial charge in [0.25, 0.3) is 10.0 Å². The third-order valence-electron chi connectivity index (χ3n) is 4.03. The van der Waals surface area contributed by atoms with Crippen molar-refractivity contribution in [1.82, 2.24) is 0 Å². The Morgan fingerprint density at radius 2 is 1.81 bits per heavy atom. The number of sulfonamides is 1. The van der Waals surface area contributed by atoms with Gasteiger partial charge in [0, 0.05) is 17.1 Å². The van der Waals surface area contributed by atoms with E-state index >= 15 is 0 Å².